The van der Waals surface area contributed by atoms with Gasteiger partial charge in [-0.1, -0.05) is 35.9 Å². The maximum atomic E-state index is 4.57. The third kappa shape index (κ3) is 3.92. The summed E-state index contributed by atoms with van der Waals surface area (Å²) in [5, 5.41) is 7.97. The van der Waals surface area contributed by atoms with Crippen molar-refractivity contribution in [3.05, 3.63) is 77.6 Å². The molecule has 5 heteroatoms. The number of aryl methyl sites for hydroxylation is 2. The van der Waals surface area contributed by atoms with Crippen molar-refractivity contribution in [2.75, 3.05) is 17.2 Å². The van der Waals surface area contributed by atoms with Gasteiger partial charge < -0.3 is 15.6 Å². The highest BCUT2D eigenvalue weighted by molar-refractivity contribution is 5.83. The smallest absolute Gasteiger partial charge is 0.229 e. The normalized spacial score (nSPS) is 10.9. The van der Waals surface area contributed by atoms with Crippen molar-refractivity contribution in [1.82, 2.24) is 15.0 Å². The molecule has 0 radical (unpaired) electrons. The fraction of sp³-hybridized carbons (Fsp3) is 0.182. The molecular formula is C22H23N5. The topological polar surface area (TPSA) is 65.6 Å². The molecule has 2 heterocycles. The van der Waals surface area contributed by atoms with Crippen LogP contribution in [0.15, 0.2) is 60.9 Å². The quantitative estimate of drug-likeness (QED) is 0.456. The SMILES string of the molecule is Cc1ccc(Nc2nccc(NCCc3c[nH]c4ccccc34)n2)c(C)c1. The summed E-state index contributed by atoms with van der Waals surface area (Å²) in [5.74, 6) is 1.41. The van der Waals surface area contributed by atoms with Crippen LogP contribution in [0.3, 0.4) is 0 Å². The molecule has 3 N–H and O–H groups in total. The molecule has 2 aromatic heterocycles. The van der Waals surface area contributed by atoms with E-state index in [1.165, 1.54) is 27.6 Å². The Kier molecular flexibility index (Phi) is 4.75. The van der Waals surface area contributed by atoms with Gasteiger partial charge in [-0.3, -0.25) is 0 Å². The van der Waals surface area contributed by atoms with E-state index in [4.69, 9.17) is 0 Å². The Balaban J connectivity index is 1.40. The number of aromatic nitrogens is 3. The summed E-state index contributed by atoms with van der Waals surface area (Å²) in [6.07, 6.45) is 4.78. The van der Waals surface area contributed by atoms with Crippen LogP contribution in [-0.4, -0.2) is 21.5 Å². The predicted molar refractivity (Wildman–Crippen MR) is 112 cm³/mol. The first-order valence-electron chi connectivity index (χ1n) is 9.15. The van der Waals surface area contributed by atoms with E-state index in [0.717, 1.165) is 24.5 Å². The van der Waals surface area contributed by atoms with E-state index in [9.17, 15) is 0 Å². The second-order valence-electron chi connectivity index (χ2n) is 6.75. The number of nitrogens with zero attached hydrogens (tertiary/aromatic N) is 2. The second kappa shape index (κ2) is 7.50. The lowest BCUT2D eigenvalue weighted by atomic mass is 10.1. The largest absolute Gasteiger partial charge is 0.370 e. The van der Waals surface area contributed by atoms with Crippen LogP contribution >= 0.6 is 0 Å². The maximum Gasteiger partial charge on any atom is 0.229 e. The molecule has 0 aliphatic heterocycles. The van der Waals surface area contributed by atoms with Crippen LogP contribution in [0, 0.1) is 13.8 Å². The van der Waals surface area contributed by atoms with Crippen LogP contribution in [0.5, 0.6) is 0 Å². The van der Waals surface area contributed by atoms with Crippen molar-refractivity contribution < 1.29 is 0 Å². The van der Waals surface area contributed by atoms with Crippen LogP contribution in [0.2, 0.25) is 0 Å². The van der Waals surface area contributed by atoms with Gasteiger partial charge in [0.25, 0.3) is 0 Å². The van der Waals surface area contributed by atoms with Gasteiger partial charge in [-0.25, -0.2) is 4.98 Å². The molecule has 0 aliphatic carbocycles. The molecule has 5 nitrogen and oxygen atoms in total. The third-order valence-electron chi connectivity index (χ3n) is 4.66. The van der Waals surface area contributed by atoms with Crippen molar-refractivity contribution in [2.45, 2.75) is 20.3 Å². The van der Waals surface area contributed by atoms with E-state index in [0.29, 0.717) is 5.95 Å². The van der Waals surface area contributed by atoms with E-state index in [-0.39, 0.29) is 0 Å². The van der Waals surface area contributed by atoms with E-state index in [1.807, 2.05) is 12.1 Å². The average molecular weight is 357 g/mol. The first kappa shape index (κ1) is 17.1. The van der Waals surface area contributed by atoms with Crippen molar-refractivity contribution >= 4 is 28.4 Å². The summed E-state index contributed by atoms with van der Waals surface area (Å²) < 4.78 is 0. The number of aromatic amines is 1. The van der Waals surface area contributed by atoms with Gasteiger partial charge in [0.05, 0.1) is 0 Å². The highest BCUT2D eigenvalue weighted by Gasteiger charge is 2.05. The molecule has 0 atom stereocenters. The summed E-state index contributed by atoms with van der Waals surface area (Å²) in [6.45, 7) is 4.98. The molecule has 0 unspecified atom stereocenters. The average Bonchev–Trinajstić information content (AvgIpc) is 3.08. The lowest BCUT2D eigenvalue weighted by Gasteiger charge is -2.10. The number of hydrogen-bond donors (Lipinski definition) is 3. The van der Waals surface area contributed by atoms with Crippen LogP contribution < -0.4 is 10.6 Å². The molecule has 2 aromatic carbocycles. The standard InChI is InChI=1S/C22H23N5/c1-15-7-8-19(16(2)13-15)26-22-24-12-10-21(27-22)23-11-9-17-14-25-20-6-4-3-5-18(17)20/h3-8,10,12-14,25H,9,11H2,1-2H3,(H2,23,24,26,27). The monoisotopic (exact) mass is 357 g/mol. The molecule has 4 rings (SSSR count). The number of para-hydroxylation sites is 1. The fourth-order valence-electron chi connectivity index (χ4n) is 3.26. The van der Waals surface area contributed by atoms with Gasteiger partial charge in [0.1, 0.15) is 5.82 Å². The predicted octanol–water partition coefficient (Wildman–Crippen LogP) is 4.97. The molecule has 0 saturated heterocycles. The Morgan fingerprint density at radius 3 is 2.81 bits per heavy atom. The van der Waals surface area contributed by atoms with E-state index in [1.54, 1.807) is 6.20 Å². The Morgan fingerprint density at radius 1 is 1.04 bits per heavy atom. The molecule has 0 bridgehead atoms. The number of fused-ring (bicyclic) bond motifs is 1. The zero-order valence-corrected chi connectivity index (χ0v) is 15.6. The third-order valence-corrected chi connectivity index (χ3v) is 4.66. The molecule has 0 aliphatic rings. The Morgan fingerprint density at radius 2 is 1.93 bits per heavy atom. The second-order valence-corrected chi connectivity index (χ2v) is 6.75. The number of H-pyrrole nitrogens is 1. The van der Waals surface area contributed by atoms with E-state index in [2.05, 4.69) is 82.0 Å². The molecule has 136 valence electrons. The minimum atomic E-state index is 0.596. The van der Waals surface area contributed by atoms with Crippen LogP contribution in [0.1, 0.15) is 16.7 Å². The van der Waals surface area contributed by atoms with E-state index >= 15 is 0 Å². The van der Waals surface area contributed by atoms with Crippen molar-refractivity contribution in [3.63, 3.8) is 0 Å². The Hall–Kier alpha value is -3.34. The molecule has 4 aromatic rings. The highest BCUT2D eigenvalue weighted by atomic mass is 15.1. The van der Waals surface area contributed by atoms with Crippen LogP contribution in [-0.2, 0) is 6.42 Å². The van der Waals surface area contributed by atoms with Crippen molar-refractivity contribution in [1.29, 1.82) is 0 Å². The zero-order valence-electron chi connectivity index (χ0n) is 15.6. The molecule has 0 amide bonds. The summed E-state index contributed by atoms with van der Waals surface area (Å²) >= 11 is 0. The van der Waals surface area contributed by atoms with Crippen LogP contribution in [0.25, 0.3) is 10.9 Å². The lowest BCUT2D eigenvalue weighted by Crippen LogP contribution is -2.07. The number of rotatable bonds is 6. The van der Waals surface area contributed by atoms with Gasteiger partial charge in [0.2, 0.25) is 5.95 Å². The number of anilines is 3. The Bertz CT molecular complexity index is 1070. The molecule has 0 spiro atoms. The molecular weight excluding hydrogens is 334 g/mol. The van der Waals surface area contributed by atoms with Gasteiger partial charge >= 0.3 is 0 Å². The highest BCUT2D eigenvalue weighted by Crippen LogP contribution is 2.20. The van der Waals surface area contributed by atoms with Crippen molar-refractivity contribution in [3.8, 4) is 0 Å². The lowest BCUT2D eigenvalue weighted by molar-refractivity contribution is 1.01. The number of nitrogens with one attached hydrogen (secondary N) is 3. The number of hydrogen-bond acceptors (Lipinski definition) is 4. The molecule has 0 saturated carbocycles. The summed E-state index contributed by atoms with van der Waals surface area (Å²) in [6, 6.07) is 16.5. The van der Waals surface area contributed by atoms with Crippen molar-refractivity contribution in [2.24, 2.45) is 0 Å². The van der Waals surface area contributed by atoms with E-state index < -0.39 is 0 Å². The van der Waals surface area contributed by atoms with Gasteiger partial charge in [0.15, 0.2) is 0 Å². The number of benzene rings is 2. The zero-order chi connectivity index (χ0) is 18.6. The molecule has 27 heavy (non-hydrogen) atoms. The summed E-state index contributed by atoms with van der Waals surface area (Å²) in [5.41, 5.74) is 5.93. The van der Waals surface area contributed by atoms with Gasteiger partial charge in [-0.2, -0.15) is 4.98 Å². The molecule has 0 fully saturated rings. The van der Waals surface area contributed by atoms with Gasteiger partial charge in [0, 0.05) is 35.5 Å². The van der Waals surface area contributed by atoms with Crippen LogP contribution in [0.4, 0.5) is 17.5 Å². The van der Waals surface area contributed by atoms with Gasteiger partial charge in [-0.15, -0.1) is 0 Å². The summed E-state index contributed by atoms with van der Waals surface area (Å²) in [7, 11) is 0. The first-order chi connectivity index (χ1) is 13.2. The fourth-order valence-corrected chi connectivity index (χ4v) is 3.26. The first-order valence-corrected chi connectivity index (χ1v) is 9.15. The van der Waals surface area contributed by atoms with Gasteiger partial charge in [-0.05, 0) is 49.6 Å². The maximum absolute atomic E-state index is 4.57. The minimum absolute atomic E-state index is 0.596. The minimum Gasteiger partial charge on any atom is -0.370 e. The Labute approximate surface area is 158 Å². The summed E-state index contributed by atoms with van der Waals surface area (Å²) in [4.78, 5) is 12.2.